The number of hydrogen-bond donors (Lipinski definition) is 1. The lowest BCUT2D eigenvalue weighted by Gasteiger charge is -2.20. The Morgan fingerprint density at radius 1 is 1.30 bits per heavy atom. The molecule has 3 unspecified atom stereocenters. The standard InChI is InChI=1S/C17H31N3/c1-5-14(4)20-10-9-17(19-20)11-15-7-6-8-16(15)12-18-13(2)3/h9-10,13-16,18H,5-8,11-12H2,1-4H3. The molecular weight excluding hydrogens is 246 g/mol. The molecule has 1 heterocycles. The van der Waals surface area contributed by atoms with E-state index in [1.54, 1.807) is 0 Å². The molecule has 1 aromatic rings. The SMILES string of the molecule is CCC(C)n1ccc(CC2CCCC2CNC(C)C)n1. The Labute approximate surface area is 124 Å². The minimum absolute atomic E-state index is 0.519. The van der Waals surface area contributed by atoms with E-state index >= 15 is 0 Å². The van der Waals surface area contributed by atoms with Gasteiger partial charge in [0.15, 0.2) is 0 Å². The third kappa shape index (κ3) is 4.08. The van der Waals surface area contributed by atoms with Crippen LogP contribution in [0.2, 0.25) is 0 Å². The third-order valence-electron chi connectivity index (χ3n) is 4.78. The van der Waals surface area contributed by atoms with Gasteiger partial charge in [-0.05, 0) is 57.1 Å². The highest BCUT2D eigenvalue weighted by molar-refractivity contribution is 5.02. The highest BCUT2D eigenvalue weighted by Gasteiger charge is 2.27. The van der Waals surface area contributed by atoms with Crippen molar-refractivity contribution in [2.45, 2.75) is 71.9 Å². The van der Waals surface area contributed by atoms with E-state index in [-0.39, 0.29) is 0 Å². The van der Waals surface area contributed by atoms with Crippen LogP contribution in [0.15, 0.2) is 12.3 Å². The van der Waals surface area contributed by atoms with Gasteiger partial charge < -0.3 is 5.32 Å². The van der Waals surface area contributed by atoms with Gasteiger partial charge in [0.05, 0.1) is 5.69 Å². The zero-order chi connectivity index (χ0) is 14.5. The van der Waals surface area contributed by atoms with E-state index in [0.29, 0.717) is 12.1 Å². The minimum Gasteiger partial charge on any atom is -0.314 e. The smallest absolute Gasteiger partial charge is 0.0627 e. The van der Waals surface area contributed by atoms with Gasteiger partial charge in [-0.2, -0.15) is 5.10 Å². The number of rotatable bonds is 7. The van der Waals surface area contributed by atoms with Crippen LogP contribution in [0.1, 0.15) is 65.1 Å². The van der Waals surface area contributed by atoms with E-state index in [0.717, 1.165) is 24.7 Å². The second kappa shape index (κ2) is 7.26. The molecule has 0 amide bonds. The molecule has 3 nitrogen and oxygen atoms in total. The number of aromatic nitrogens is 2. The Bertz CT molecular complexity index is 397. The summed E-state index contributed by atoms with van der Waals surface area (Å²) in [7, 11) is 0. The van der Waals surface area contributed by atoms with Crippen molar-refractivity contribution in [3.8, 4) is 0 Å². The lowest BCUT2D eigenvalue weighted by Crippen LogP contribution is -2.31. The molecule has 20 heavy (non-hydrogen) atoms. The van der Waals surface area contributed by atoms with Crippen LogP contribution < -0.4 is 5.32 Å². The van der Waals surface area contributed by atoms with Crippen molar-refractivity contribution < 1.29 is 0 Å². The Hall–Kier alpha value is -0.830. The lowest BCUT2D eigenvalue weighted by molar-refractivity contribution is 0.350. The third-order valence-corrected chi connectivity index (χ3v) is 4.78. The predicted octanol–water partition coefficient (Wildman–Crippen LogP) is 3.81. The van der Waals surface area contributed by atoms with Gasteiger partial charge in [0.1, 0.15) is 0 Å². The molecule has 3 atom stereocenters. The fourth-order valence-electron chi connectivity index (χ4n) is 3.23. The summed E-state index contributed by atoms with van der Waals surface area (Å²) >= 11 is 0. The van der Waals surface area contributed by atoms with E-state index in [1.165, 1.54) is 31.5 Å². The summed E-state index contributed by atoms with van der Waals surface area (Å²) in [5, 5.41) is 8.38. The molecule has 1 aliphatic rings. The van der Waals surface area contributed by atoms with Crippen LogP contribution in [0.4, 0.5) is 0 Å². The average molecular weight is 277 g/mol. The van der Waals surface area contributed by atoms with Gasteiger partial charge in [0.25, 0.3) is 0 Å². The normalized spacial score (nSPS) is 24.4. The van der Waals surface area contributed by atoms with Crippen molar-refractivity contribution in [2.24, 2.45) is 11.8 Å². The summed E-state index contributed by atoms with van der Waals surface area (Å²) in [6, 6.07) is 3.34. The molecule has 1 aromatic heterocycles. The van der Waals surface area contributed by atoms with Crippen LogP contribution >= 0.6 is 0 Å². The van der Waals surface area contributed by atoms with Crippen LogP contribution in [0.25, 0.3) is 0 Å². The van der Waals surface area contributed by atoms with Crippen molar-refractivity contribution >= 4 is 0 Å². The highest BCUT2D eigenvalue weighted by Crippen LogP contribution is 2.33. The molecule has 0 aliphatic heterocycles. The minimum atomic E-state index is 0.519. The number of nitrogens with one attached hydrogen (secondary N) is 1. The van der Waals surface area contributed by atoms with Crippen molar-refractivity contribution in [1.82, 2.24) is 15.1 Å². The van der Waals surface area contributed by atoms with E-state index in [9.17, 15) is 0 Å². The molecule has 0 spiro atoms. The molecule has 114 valence electrons. The van der Waals surface area contributed by atoms with E-state index in [1.807, 2.05) is 0 Å². The number of hydrogen-bond acceptors (Lipinski definition) is 2. The van der Waals surface area contributed by atoms with Crippen molar-refractivity contribution in [3.63, 3.8) is 0 Å². The molecule has 0 aromatic carbocycles. The van der Waals surface area contributed by atoms with E-state index in [2.05, 4.69) is 50.0 Å². The van der Waals surface area contributed by atoms with Crippen LogP contribution in [0, 0.1) is 11.8 Å². The topological polar surface area (TPSA) is 29.9 Å². The number of nitrogens with zero attached hydrogens (tertiary/aromatic N) is 2. The molecule has 1 N–H and O–H groups in total. The van der Waals surface area contributed by atoms with Gasteiger partial charge >= 0.3 is 0 Å². The molecular formula is C17H31N3. The van der Waals surface area contributed by atoms with Gasteiger partial charge in [0.2, 0.25) is 0 Å². The van der Waals surface area contributed by atoms with Crippen LogP contribution in [0.3, 0.4) is 0 Å². The van der Waals surface area contributed by atoms with Gasteiger partial charge in [0, 0.05) is 18.3 Å². The molecule has 1 fully saturated rings. The predicted molar refractivity (Wildman–Crippen MR) is 84.9 cm³/mol. The fraction of sp³-hybridized carbons (Fsp3) is 0.824. The van der Waals surface area contributed by atoms with Gasteiger partial charge in [-0.15, -0.1) is 0 Å². The highest BCUT2D eigenvalue weighted by atomic mass is 15.3. The summed E-state index contributed by atoms with van der Waals surface area (Å²) in [5.74, 6) is 1.66. The van der Waals surface area contributed by atoms with Gasteiger partial charge in [-0.1, -0.05) is 27.2 Å². The van der Waals surface area contributed by atoms with Crippen LogP contribution in [-0.4, -0.2) is 22.4 Å². The Kier molecular flexibility index (Phi) is 5.64. The Morgan fingerprint density at radius 2 is 2.05 bits per heavy atom. The first kappa shape index (κ1) is 15.6. The zero-order valence-corrected chi connectivity index (χ0v) is 13.6. The first-order valence-electron chi connectivity index (χ1n) is 8.37. The first-order valence-corrected chi connectivity index (χ1v) is 8.37. The first-order chi connectivity index (χ1) is 9.60. The van der Waals surface area contributed by atoms with E-state index < -0.39 is 0 Å². The Balaban J connectivity index is 1.89. The summed E-state index contributed by atoms with van der Waals surface area (Å²) in [5.41, 5.74) is 1.28. The molecule has 0 bridgehead atoms. The van der Waals surface area contributed by atoms with Crippen LogP contribution in [0.5, 0.6) is 0 Å². The van der Waals surface area contributed by atoms with Crippen molar-refractivity contribution in [1.29, 1.82) is 0 Å². The monoisotopic (exact) mass is 277 g/mol. The van der Waals surface area contributed by atoms with Crippen molar-refractivity contribution in [2.75, 3.05) is 6.54 Å². The fourth-order valence-corrected chi connectivity index (χ4v) is 3.23. The maximum Gasteiger partial charge on any atom is 0.0627 e. The van der Waals surface area contributed by atoms with Crippen molar-refractivity contribution in [3.05, 3.63) is 18.0 Å². The largest absolute Gasteiger partial charge is 0.314 e. The second-order valence-electron chi connectivity index (χ2n) is 6.76. The molecule has 2 rings (SSSR count). The lowest BCUT2D eigenvalue weighted by atomic mass is 9.91. The summed E-state index contributed by atoms with van der Waals surface area (Å²) in [4.78, 5) is 0. The summed E-state index contributed by atoms with van der Waals surface area (Å²) in [6.07, 6.45) is 8.61. The maximum absolute atomic E-state index is 4.77. The Morgan fingerprint density at radius 3 is 2.75 bits per heavy atom. The quantitative estimate of drug-likeness (QED) is 0.821. The summed E-state index contributed by atoms with van der Waals surface area (Å²) in [6.45, 7) is 10.1. The second-order valence-corrected chi connectivity index (χ2v) is 6.76. The van der Waals surface area contributed by atoms with Crippen LogP contribution in [-0.2, 0) is 6.42 Å². The zero-order valence-electron chi connectivity index (χ0n) is 13.6. The van der Waals surface area contributed by atoms with Gasteiger partial charge in [-0.3, -0.25) is 4.68 Å². The molecule has 0 saturated heterocycles. The van der Waals surface area contributed by atoms with E-state index in [4.69, 9.17) is 5.10 Å². The van der Waals surface area contributed by atoms with Gasteiger partial charge in [-0.25, -0.2) is 0 Å². The molecule has 1 aliphatic carbocycles. The average Bonchev–Trinajstić information content (AvgIpc) is 3.05. The maximum atomic E-state index is 4.77. The molecule has 3 heteroatoms. The molecule has 1 saturated carbocycles. The summed E-state index contributed by atoms with van der Waals surface area (Å²) < 4.78 is 2.13. The molecule has 0 radical (unpaired) electrons.